The van der Waals surface area contributed by atoms with Gasteiger partial charge in [-0.15, -0.1) is 0 Å². The molecule has 1 saturated heterocycles. The molecule has 0 spiro atoms. The van der Waals surface area contributed by atoms with Crippen LogP contribution in [-0.2, 0) is 16.1 Å². The third-order valence-electron chi connectivity index (χ3n) is 2.95. The van der Waals surface area contributed by atoms with Crippen LogP contribution in [0.25, 0.3) is 0 Å². The van der Waals surface area contributed by atoms with Crippen LogP contribution in [0.15, 0.2) is 24.3 Å². The number of carbonyl (C=O) groups is 1. The second-order valence-corrected chi connectivity index (χ2v) is 4.32. The number of para-hydroxylation sites is 1. The summed E-state index contributed by atoms with van der Waals surface area (Å²) in [6, 6.07) is 7.71. The molecule has 0 bridgehead atoms. The van der Waals surface area contributed by atoms with Crippen LogP contribution in [-0.4, -0.2) is 38.3 Å². The largest absolute Gasteiger partial charge is 0.494 e. The zero-order chi connectivity index (χ0) is 13.5. The predicted octanol–water partition coefficient (Wildman–Crippen LogP) is 0.690. The smallest absolute Gasteiger partial charge is 0.250 e. The first-order chi connectivity index (χ1) is 9.31. The molecule has 5 nitrogen and oxygen atoms in total. The molecule has 2 rings (SSSR count). The first-order valence-electron chi connectivity index (χ1n) is 6.62. The molecule has 1 aliphatic rings. The highest BCUT2D eigenvalue weighted by molar-refractivity contribution is 5.81. The van der Waals surface area contributed by atoms with E-state index in [1.165, 1.54) is 0 Å². The molecule has 1 heterocycles. The monoisotopic (exact) mass is 264 g/mol. The molecule has 19 heavy (non-hydrogen) atoms. The van der Waals surface area contributed by atoms with Gasteiger partial charge in [-0.3, -0.25) is 4.79 Å². The van der Waals surface area contributed by atoms with Gasteiger partial charge in [0.25, 0.3) is 5.91 Å². The number of hydrogen-bond acceptors (Lipinski definition) is 4. The van der Waals surface area contributed by atoms with Crippen LogP contribution >= 0.6 is 0 Å². The second kappa shape index (κ2) is 7.11. The van der Waals surface area contributed by atoms with E-state index < -0.39 is 6.10 Å². The van der Waals surface area contributed by atoms with Crippen LogP contribution in [0.1, 0.15) is 12.5 Å². The zero-order valence-corrected chi connectivity index (χ0v) is 11.1. The van der Waals surface area contributed by atoms with Gasteiger partial charge in [-0.25, -0.2) is 0 Å². The van der Waals surface area contributed by atoms with E-state index in [1.807, 2.05) is 31.2 Å². The van der Waals surface area contributed by atoms with Crippen LogP contribution in [0.2, 0.25) is 0 Å². The van der Waals surface area contributed by atoms with Gasteiger partial charge in [-0.2, -0.15) is 0 Å². The van der Waals surface area contributed by atoms with Crippen molar-refractivity contribution < 1.29 is 14.3 Å². The summed E-state index contributed by atoms with van der Waals surface area (Å²) in [5.74, 6) is 0.728. The van der Waals surface area contributed by atoms with Crippen LogP contribution in [0, 0.1) is 0 Å². The Labute approximate surface area is 113 Å². The minimum atomic E-state index is -0.395. The van der Waals surface area contributed by atoms with Crippen LogP contribution in [0.4, 0.5) is 0 Å². The molecule has 104 valence electrons. The summed E-state index contributed by atoms with van der Waals surface area (Å²) >= 11 is 0. The average molecular weight is 264 g/mol. The lowest BCUT2D eigenvalue weighted by atomic mass is 10.2. The van der Waals surface area contributed by atoms with Crippen molar-refractivity contribution in [2.75, 3.05) is 26.3 Å². The molecular formula is C14H20N2O3. The van der Waals surface area contributed by atoms with Gasteiger partial charge in [0.05, 0.1) is 13.2 Å². The van der Waals surface area contributed by atoms with Crippen molar-refractivity contribution in [2.45, 2.75) is 19.6 Å². The zero-order valence-electron chi connectivity index (χ0n) is 11.1. The quantitative estimate of drug-likeness (QED) is 0.821. The van der Waals surface area contributed by atoms with Gasteiger partial charge in [0.1, 0.15) is 11.9 Å². The average Bonchev–Trinajstić information content (AvgIpc) is 2.47. The molecule has 0 aromatic heterocycles. The van der Waals surface area contributed by atoms with Gasteiger partial charge < -0.3 is 20.1 Å². The van der Waals surface area contributed by atoms with Gasteiger partial charge in [-0.05, 0) is 13.0 Å². The first-order valence-corrected chi connectivity index (χ1v) is 6.62. The summed E-state index contributed by atoms with van der Waals surface area (Å²) in [6.07, 6.45) is -0.395. The molecule has 5 heteroatoms. The van der Waals surface area contributed by atoms with E-state index in [2.05, 4.69) is 10.6 Å². The molecule has 1 fully saturated rings. The summed E-state index contributed by atoms with van der Waals surface area (Å²) < 4.78 is 10.9. The fraction of sp³-hybridized carbons (Fsp3) is 0.500. The minimum Gasteiger partial charge on any atom is -0.494 e. The van der Waals surface area contributed by atoms with E-state index in [-0.39, 0.29) is 5.91 Å². The maximum absolute atomic E-state index is 11.9. The van der Waals surface area contributed by atoms with E-state index in [1.54, 1.807) is 0 Å². The highest BCUT2D eigenvalue weighted by Crippen LogP contribution is 2.17. The fourth-order valence-electron chi connectivity index (χ4n) is 1.98. The van der Waals surface area contributed by atoms with E-state index in [4.69, 9.17) is 9.47 Å². The Bertz CT molecular complexity index is 417. The molecule has 0 aliphatic carbocycles. The van der Waals surface area contributed by atoms with Crippen molar-refractivity contribution in [2.24, 2.45) is 0 Å². The molecule has 1 aliphatic heterocycles. The Balaban J connectivity index is 1.89. The molecule has 0 saturated carbocycles. The van der Waals surface area contributed by atoms with Gasteiger partial charge in [0.2, 0.25) is 0 Å². The highest BCUT2D eigenvalue weighted by atomic mass is 16.5. The number of rotatable bonds is 5. The van der Waals surface area contributed by atoms with Gasteiger partial charge in [0.15, 0.2) is 0 Å². The predicted molar refractivity (Wildman–Crippen MR) is 72.1 cm³/mol. The number of amides is 1. The molecule has 1 aromatic carbocycles. The third kappa shape index (κ3) is 3.94. The van der Waals surface area contributed by atoms with E-state index in [0.29, 0.717) is 26.3 Å². The van der Waals surface area contributed by atoms with Gasteiger partial charge in [-0.1, -0.05) is 18.2 Å². The number of benzene rings is 1. The summed E-state index contributed by atoms with van der Waals surface area (Å²) in [5.41, 5.74) is 0.974. The lowest BCUT2D eigenvalue weighted by molar-refractivity contribution is -0.134. The van der Waals surface area contributed by atoms with Crippen LogP contribution in [0.3, 0.4) is 0 Å². The maximum Gasteiger partial charge on any atom is 0.250 e. The summed E-state index contributed by atoms with van der Waals surface area (Å²) in [4.78, 5) is 11.9. The number of ether oxygens (including phenoxy) is 2. The topological polar surface area (TPSA) is 59.6 Å². The Hall–Kier alpha value is -1.59. The molecule has 0 radical (unpaired) electrons. The molecule has 1 amide bonds. The summed E-state index contributed by atoms with van der Waals surface area (Å²) in [7, 11) is 0. The van der Waals surface area contributed by atoms with Crippen molar-refractivity contribution in [3.8, 4) is 5.75 Å². The molecule has 1 atom stereocenters. The number of nitrogens with one attached hydrogen (secondary N) is 2. The van der Waals surface area contributed by atoms with E-state index in [0.717, 1.165) is 17.9 Å². The van der Waals surface area contributed by atoms with Crippen molar-refractivity contribution in [1.82, 2.24) is 10.6 Å². The van der Waals surface area contributed by atoms with Gasteiger partial charge in [0, 0.05) is 25.2 Å². The number of carbonyl (C=O) groups excluding carboxylic acids is 1. The second-order valence-electron chi connectivity index (χ2n) is 4.32. The Morgan fingerprint density at radius 1 is 1.53 bits per heavy atom. The lowest BCUT2D eigenvalue weighted by Crippen LogP contribution is -2.47. The van der Waals surface area contributed by atoms with Crippen molar-refractivity contribution in [3.63, 3.8) is 0 Å². The third-order valence-corrected chi connectivity index (χ3v) is 2.95. The van der Waals surface area contributed by atoms with Crippen molar-refractivity contribution >= 4 is 5.91 Å². The van der Waals surface area contributed by atoms with Crippen molar-refractivity contribution in [3.05, 3.63) is 29.8 Å². The summed E-state index contributed by atoms with van der Waals surface area (Å²) in [5, 5.41) is 6.02. The highest BCUT2D eigenvalue weighted by Gasteiger charge is 2.21. The van der Waals surface area contributed by atoms with Crippen LogP contribution < -0.4 is 15.4 Å². The molecular weight excluding hydrogens is 244 g/mol. The Morgan fingerprint density at radius 2 is 2.37 bits per heavy atom. The van der Waals surface area contributed by atoms with E-state index >= 15 is 0 Å². The fourth-order valence-corrected chi connectivity index (χ4v) is 1.98. The Kier molecular flexibility index (Phi) is 5.18. The Morgan fingerprint density at radius 3 is 3.11 bits per heavy atom. The standard InChI is InChI=1S/C14H20N2O3/c1-2-18-12-6-4-3-5-11(12)9-16-14(17)13-10-15-7-8-19-13/h3-6,13,15H,2,7-10H2,1H3,(H,16,17). The van der Waals surface area contributed by atoms with Crippen molar-refractivity contribution in [1.29, 1.82) is 0 Å². The molecule has 1 aromatic rings. The maximum atomic E-state index is 11.9. The lowest BCUT2D eigenvalue weighted by Gasteiger charge is -2.22. The van der Waals surface area contributed by atoms with Crippen LogP contribution in [0.5, 0.6) is 5.75 Å². The molecule has 1 unspecified atom stereocenters. The summed E-state index contributed by atoms with van der Waals surface area (Å²) in [6.45, 7) is 4.95. The minimum absolute atomic E-state index is 0.0847. The SMILES string of the molecule is CCOc1ccccc1CNC(=O)C1CNCCO1. The van der Waals surface area contributed by atoms with E-state index in [9.17, 15) is 4.79 Å². The first kappa shape index (κ1) is 13.8. The van der Waals surface area contributed by atoms with Gasteiger partial charge >= 0.3 is 0 Å². The molecule has 2 N–H and O–H groups in total. The number of hydrogen-bond donors (Lipinski definition) is 2. The normalized spacial score (nSPS) is 18.9. The number of morpholine rings is 1.